The SMILES string of the molecule is Cc1cc(Br)cc(CN2CC(C)C(N(C)C)C2)c1O. The van der Waals surface area contributed by atoms with Crippen molar-refractivity contribution in [1.82, 2.24) is 9.80 Å². The maximum atomic E-state index is 10.2. The quantitative estimate of drug-likeness (QED) is 0.925. The number of aromatic hydroxyl groups is 1. The summed E-state index contributed by atoms with van der Waals surface area (Å²) in [4.78, 5) is 4.73. The van der Waals surface area contributed by atoms with E-state index in [2.05, 4.69) is 46.7 Å². The molecule has 0 aliphatic carbocycles. The van der Waals surface area contributed by atoms with Crippen LogP contribution >= 0.6 is 15.9 Å². The highest BCUT2D eigenvalue weighted by Gasteiger charge is 2.31. The topological polar surface area (TPSA) is 26.7 Å². The van der Waals surface area contributed by atoms with Gasteiger partial charge in [-0.15, -0.1) is 0 Å². The smallest absolute Gasteiger partial charge is 0.123 e. The van der Waals surface area contributed by atoms with Crippen LogP contribution in [0.5, 0.6) is 5.75 Å². The average Bonchev–Trinajstić information content (AvgIpc) is 2.66. The Morgan fingerprint density at radius 3 is 2.63 bits per heavy atom. The number of likely N-dealkylation sites (N-methyl/N-ethyl adjacent to an activating group) is 1. The van der Waals surface area contributed by atoms with Gasteiger partial charge >= 0.3 is 0 Å². The van der Waals surface area contributed by atoms with E-state index >= 15 is 0 Å². The van der Waals surface area contributed by atoms with Crippen LogP contribution in [0.25, 0.3) is 0 Å². The first-order chi connectivity index (χ1) is 8.88. The summed E-state index contributed by atoms with van der Waals surface area (Å²) in [5, 5.41) is 10.2. The molecule has 1 heterocycles. The number of hydrogen-bond donors (Lipinski definition) is 1. The molecule has 3 nitrogen and oxygen atoms in total. The lowest BCUT2D eigenvalue weighted by Gasteiger charge is -2.22. The van der Waals surface area contributed by atoms with Crippen molar-refractivity contribution in [3.63, 3.8) is 0 Å². The van der Waals surface area contributed by atoms with E-state index in [0.717, 1.165) is 35.2 Å². The number of hydrogen-bond acceptors (Lipinski definition) is 3. The monoisotopic (exact) mass is 326 g/mol. The van der Waals surface area contributed by atoms with E-state index in [1.54, 1.807) is 0 Å². The molecule has 1 aromatic rings. The molecule has 1 aromatic carbocycles. The van der Waals surface area contributed by atoms with Crippen LogP contribution < -0.4 is 0 Å². The molecule has 0 aromatic heterocycles. The molecule has 0 saturated carbocycles. The highest BCUT2D eigenvalue weighted by atomic mass is 79.9. The standard InChI is InChI=1S/C15H23BrN2O/c1-10-5-13(16)6-12(15(10)19)8-18-7-11(2)14(9-18)17(3)4/h5-6,11,14,19H,7-9H2,1-4H3. The zero-order valence-electron chi connectivity index (χ0n) is 12.2. The van der Waals surface area contributed by atoms with Crippen LogP contribution in [0.15, 0.2) is 16.6 Å². The van der Waals surface area contributed by atoms with Gasteiger partial charge in [0, 0.05) is 35.7 Å². The van der Waals surface area contributed by atoms with Crippen molar-refractivity contribution in [3.05, 3.63) is 27.7 Å². The fraction of sp³-hybridized carbons (Fsp3) is 0.600. The van der Waals surface area contributed by atoms with Gasteiger partial charge in [0.05, 0.1) is 0 Å². The molecule has 1 N–H and O–H groups in total. The Kier molecular flexibility index (Phi) is 4.54. The minimum atomic E-state index is 0.434. The molecule has 1 saturated heterocycles. The maximum Gasteiger partial charge on any atom is 0.123 e. The van der Waals surface area contributed by atoms with Crippen LogP contribution in [0.4, 0.5) is 0 Å². The van der Waals surface area contributed by atoms with Crippen LogP contribution in [0.2, 0.25) is 0 Å². The summed E-state index contributed by atoms with van der Waals surface area (Å²) >= 11 is 3.51. The lowest BCUT2D eigenvalue weighted by Crippen LogP contribution is -2.34. The van der Waals surface area contributed by atoms with Gasteiger partial charge in [-0.25, -0.2) is 0 Å². The maximum absolute atomic E-state index is 10.2. The number of phenols is 1. The highest BCUT2D eigenvalue weighted by Crippen LogP contribution is 2.30. The lowest BCUT2D eigenvalue weighted by atomic mass is 10.1. The first kappa shape index (κ1) is 14.8. The van der Waals surface area contributed by atoms with Gasteiger partial charge in [-0.1, -0.05) is 22.9 Å². The van der Waals surface area contributed by atoms with E-state index in [-0.39, 0.29) is 0 Å². The Morgan fingerprint density at radius 2 is 2.05 bits per heavy atom. The molecule has 2 atom stereocenters. The Labute approximate surface area is 124 Å². The third kappa shape index (κ3) is 3.30. The van der Waals surface area contributed by atoms with Crippen LogP contribution in [0.1, 0.15) is 18.1 Å². The van der Waals surface area contributed by atoms with E-state index in [1.807, 2.05) is 19.1 Å². The van der Waals surface area contributed by atoms with Crippen molar-refractivity contribution >= 4 is 15.9 Å². The number of phenolic OH excluding ortho intramolecular Hbond substituents is 1. The van der Waals surface area contributed by atoms with E-state index in [0.29, 0.717) is 17.7 Å². The van der Waals surface area contributed by atoms with Crippen molar-refractivity contribution in [3.8, 4) is 5.75 Å². The minimum absolute atomic E-state index is 0.434. The van der Waals surface area contributed by atoms with Crippen molar-refractivity contribution in [2.24, 2.45) is 5.92 Å². The molecular formula is C15H23BrN2O. The zero-order chi connectivity index (χ0) is 14.2. The summed E-state index contributed by atoms with van der Waals surface area (Å²) in [7, 11) is 4.29. The van der Waals surface area contributed by atoms with Crippen LogP contribution in [-0.4, -0.2) is 48.1 Å². The Bertz CT molecular complexity index is 462. The van der Waals surface area contributed by atoms with Gasteiger partial charge < -0.3 is 10.0 Å². The molecule has 4 heteroatoms. The Morgan fingerprint density at radius 1 is 1.37 bits per heavy atom. The Balaban J connectivity index is 2.11. The normalized spacial score (nSPS) is 24.3. The number of nitrogens with zero attached hydrogens (tertiary/aromatic N) is 2. The molecule has 0 radical (unpaired) electrons. The molecule has 0 amide bonds. The molecule has 1 aliphatic rings. The fourth-order valence-electron chi connectivity index (χ4n) is 3.02. The van der Waals surface area contributed by atoms with Crippen LogP contribution in [0.3, 0.4) is 0 Å². The predicted molar refractivity (Wildman–Crippen MR) is 82.5 cm³/mol. The fourth-order valence-corrected chi connectivity index (χ4v) is 3.64. The molecule has 1 aliphatic heterocycles. The third-order valence-electron chi connectivity index (χ3n) is 4.05. The summed E-state index contributed by atoms with van der Waals surface area (Å²) < 4.78 is 1.04. The number of aryl methyl sites for hydroxylation is 1. The van der Waals surface area contributed by atoms with Crippen molar-refractivity contribution in [1.29, 1.82) is 0 Å². The van der Waals surface area contributed by atoms with Crippen molar-refractivity contribution in [2.45, 2.75) is 26.4 Å². The van der Waals surface area contributed by atoms with E-state index < -0.39 is 0 Å². The first-order valence-electron chi connectivity index (χ1n) is 6.75. The predicted octanol–water partition coefficient (Wildman–Crippen LogP) is 2.85. The minimum Gasteiger partial charge on any atom is -0.507 e. The van der Waals surface area contributed by atoms with Gasteiger partial charge in [0.1, 0.15) is 5.75 Å². The Hall–Kier alpha value is -0.580. The van der Waals surface area contributed by atoms with Crippen LogP contribution in [-0.2, 0) is 6.54 Å². The van der Waals surface area contributed by atoms with Gasteiger partial charge in [-0.2, -0.15) is 0 Å². The van der Waals surface area contributed by atoms with Crippen molar-refractivity contribution < 1.29 is 5.11 Å². The summed E-state index contributed by atoms with van der Waals surface area (Å²) in [5.74, 6) is 1.11. The first-order valence-corrected chi connectivity index (χ1v) is 7.54. The molecule has 0 spiro atoms. The molecular weight excluding hydrogens is 304 g/mol. The van der Waals surface area contributed by atoms with E-state index in [4.69, 9.17) is 0 Å². The van der Waals surface area contributed by atoms with Crippen molar-refractivity contribution in [2.75, 3.05) is 27.2 Å². The van der Waals surface area contributed by atoms with Gasteiger partial charge in [0.25, 0.3) is 0 Å². The largest absolute Gasteiger partial charge is 0.507 e. The third-order valence-corrected chi connectivity index (χ3v) is 4.51. The van der Waals surface area contributed by atoms with Crippen LogP contribution in [0, 0.1) is 12.8 Å². The molecule has 0 bridgehead atoms. The summed E-state index contributed by atoms with van der Waals surface area (Å²) in [6.45, 7) is 7.23. The molecule has 2 unspecified atom stereocenters. The summed E-state index contributed by atoms with van der Waals surface area (Å²) in [6, 6.07) is 4.58. The second kappa shape index (κ2) is 5.81. The number of halogens is 1. The lowest BCUT2D eigenvalue weighted by molar-refractivity contribution is 0.249. The number of likely N-dealkylation sites (tertiary alicyclic amines) is 1. The van der Waals surface area contributed by atoms with Gasteiger partial charge in [-0.3, -0.25) is 4.90 Å². The van der Waals surface area contributed by atoms with Gasteiger partial charge in [-0.05, 0) is 44.6 Å². The number of rotatable bonds is 3. The molecule has 1 fully saturated rings. The summed E-state index contributed by atoms with van der Waals surface area (Å²) in [5.41, 5.74) is 1.94. The highest BCUT2D eigenvalue weighted by molar-refractivity contribution is 9.10. The van der Waals surface area contributed by atoms with Gasteiger partial charge in [0.2, 0.25) is 0 Å². The zero-order valence-corrected chi connectivity index (χ0v) is 13.7. The van der Waals surface area contributed by atoms with E-state index in [1.165, 1.54) is 0 Å². The summed E-state index contributed by atoms with van der Waals surface area (Å²) in [6.07, 6.45) is 0. The van der Waals surface area contributed by atoms with Gasteiger partial charge in [0.15, 0.2) is 0 Å². The number of benzene rings is 1. The second-order valence-corrected chi connectivity index (χ2v) is 6.85. The molecule has 19 heavy (non-hydrogen) atoms. The molecule has 2 rings (SSSR count). The van der Waals surface area contributed by atoms with E-state index in [9.17, 15) is 5.11 Å². The second-order valence-electron chi connectivity index (χ2n) is 5.93. The average molecular weight is 327 g/mol. The molecule has 106 valence electrons.